The van der Waals surface area contributed by atoms with Crippen molar-refractivity contribution in [2.45, 2.75) is 10.5 Å². The molecule has 2 aromatic heterocycles. The Morgan fingerprint density at radius 2 is 2.13 bits per heavy atom. The molecule has 0 unspecified atom stereocenters. The van der Waals surface area contributed by atoms with E-state index in [-0.39, 0.29) is 16.8 Å². The van der Waals surface area contributed by atoms with Gasteiger partial charge >= 0.3 is 5.51 Å². The SMILES string of the molecule is FC(F)(F)Sc1cnc2cc(Cl)ccn12. The summed E-state index contributed by atoms with van der Waals surface area (Å²) in [6.07, 6.45) is 2.63. The van der Waals surface area contributed by atoms with Gasteiger partial charge in [0.25, 0.3) is 0 Å². The molecule has 2 heterocycles. The second kappa shape index (κ2) is 3.61. The first-order valence-corrected chi connectivity index (χ1v) is 5.03. The molecule has 0 aliphatic rings. The Bertz CT molecular complexity index is 494. The summed E-state index contributed by atoms with van der Waals surface area (Å²) in [7, 11) is 0. The summed E-state index contributed by atoms with van der Waals surface area (Å²) < 4.78 is 37.7. The maximum Gasteiger partial charge on any atom is 0.447 e. The highest BCUT2D eigenvalue weighted by Gasteiger charge is 2.30. The number of hydrogen-bond donors (Lipinski definition) is 0. The number of rotatable bonds is 1. The fourth-order valence-corrected chi connectivity index (χ4v) is 1.88. The van der Waals surface area contributed by atoms with Crippen LogP contribution in [0.15, 0.2) is 29.6 Å². The van der Waals surface area contributed by atoms with Crippen molar-refractivity contribution in [2.75, 3.05) is 0 Å². The lowest BCUT2D eigenvalue weighted by Gasteiger charge is -2.04. The lowest BCUT2D eigenvalue weighted by molar-refractivity contribution is -0.0329. The molecule has 2 aromatic rings. The molecule has 7 heteroatoms. The summed E-state index contributed by atoms with van der Waals surface area (Å²) >= 11 is 5.48. The highest BCUT2D eigenvalue weighted by Crippen LogP contribution is 2.37. The summed E-state index contributed by atoms with van der Waals surface area (Å²) in [5.41, 5.74) is -3.91. The summed E-state index contributed by atoms with van der Waals surface area (Å²) in [4.78, 5) is 3.82. The minimum Gasteiger partial charge on any atom is -0.294 e. The van der Waals surface area contributed by atoms with E-state index in [0.29, 0.717) is 10.7 Å². The van der Waals surface area contributed by atoms with Gasteiger partial charge in [0.2, 0.25) is 0 Å². The molecule has 0 radical (unpaired) electrons. The van der Waals surface area contributed by atoms with Crippen molar-refractivity contribution >= 4 is 29.0 Å². The highest BCUT2D eigenvalue weighted by atomic mass is 35.5. The first-order valence-electron chi connectivity index (χ1n) is 3.84. The van der Waals surface area contributed by atoms with E-state index in [1.54, 1.807) is 0 Å². The van der Waals surface area contributed by atoms with Gasteiger partial charge < -0.3 is 0 Å². The monoisotopic (exact) mass is 252 g/mol. The minimum atomic E-state index is -4.31. The van der Waals surface area contributed by atoms with Crippen molar-refractivity contribution in [1.29, 1.82) is 0 Å². The van der Waals surface area contributed by atoms with Gasteiger partial charge in [-0.1, -0.05) is 11.6 Å². The standard InChI is InChI=1S/C8H4ClF3N2S/c9-5-1-2-14-6(3-5)13-4-7(14)15-8(10,11)12/h1-4H. The molecule has 0 spiro atoms. The molecule has 80 valence electrons. The van der Waals surface area contributed by atoms with Gasteiger partial charge in [-0.25, -0.2) is 4.98 Å². The molecular formula is C8H4ClF3N2S. The van der Waals surface area contributed by atoms with E-state index >= 15 is 0 Å². The molecule has 0 atom stereocenters. The predicted molar refractivity (Wildman–Crippen MR) is 52.1 cm³/mol. The van der Waals surface area contributed by atoms with E-state index in [4.69, 9.17) is 11.6 Å². The van der Waals surface area contributed by atoms with Gasteiger partial charge in [0.05, 0.1) is 6.20 Å². The molecule has 2 rings (SSSR count). The lowest BCUT2D eigenvalue weighted by atomic mass is 10.5. The second-order valence-corrected chi connectivity index (χ2v) is 4.24. The van der Waals surface area contributed by atoms with Gasteiger partial charge in [0, 0.05) is 29.0 Å². The van der Waals surface area contributed by atoms with Gasteiger partial charge in [-0.2, -0.15) is 13.2 Å². The average Bonchev–Trinajstić information content (AvgIpc) is 2.45. The number of aromatic nitrogens is 2. The first-order chi connectivity index (χ1) is 6.96. The van der Waals surface area contributed by atoms with E-state index in [2.05, 4.69) is 4.98 Å². The molecule has 0 aliphatic heterocycles. The van der Waals surface area contributed by atoms with Gasteiger partial charge in [0.1, 0.15) is 10.7 Å². The summed E-state index contributed by atoms with van der Waals surface area (Å²) in [6.45, 7) is 0. The van der Waals surface area contributed by atoms with Crippen LogP contribution in [-0.2, 0) is 0 Å². The number of hydrogen-bond acceptors (Lipinski definition) is 2. The fourth-order valence-electron chi connectivity index (χ4n) is 1.13. The Kier molecular flexibility index (Phi) is 2.56. The van der Waals surface area contributed by atoms with Gasteiger partial charge in [-0.15, -0.1) is 0 Å². The second-order valence-electron chi connectivity index (χ2n) is 2.72. The van der Waals surface area contributed by atoms with Crippen molar-refractivity contribution in [3.05, 3.63) is 29.5 Å². The summed E-state index contributed by atoms with van der Waals surface area (Å²) in [5.74, 6) is 0. The number of alkyl halides is 3. The average molecular weight is 253 g/mol. The minimum absolute atomic E-state index is 0.0224. The number of nitrogens with zero attached hydrogens (tertiary/aromatic N) is 2. The van der Waals surface area contributed by atoms with Crippen molar-refractivity contribution in [1.82, 2.24) is 9.38 Å². The number of fused-ring (bicyclic) bond motifs is 1. The molecule has 0 aromatic carbocycles. The van der Waals surface area contributed by atoms with Crippen LogP contribution in [0.25, 0.3) is 5.65 Å². The van der Waals surface area contributed by atoms with Crippen molar-refractivity contribution < 1.29 is 13.2 Å². The number of thioether (sulfide) groups is 1. The maximum absolute atomic E-state index is 12.1. The molecule has 0 aliphatic carbocycles. The zero-order chi connectivity index (χ0) is 11.1. The number of pyridine rings is 1. The molecule has 0 fully saturated rings. The molecule has 15 heavy (non-hydrogen) atoms. The quantitative estimate of drug-likeness (QED) is 0.722. The summed E-state index contributed by atoms with van der Waals surface area (Å²) in [5, 5.41) is 0.464. The van der Waals surface area contributed by atoms with Crippen LogP contribution in [-0.4, -0.2) is 14.9 Å². The Balaban J connectivity index is 2.45. The number of halogens is 4. The smallest absolute Gasteiger partial charge is 0.294 e. The van der Waals surface area contributed by atoms with Crippen LogP contribution in [0.2, 0.25) is 5.02 Å². The van der Waals surface area contributed by atoms with Crippen LogP contribution in [0.1, 0.15) is 0 Å². The molecule has 0 saturated carbocycles. The van der Waals surface area contributed by atoms with Crippen molar-refractivity contribution in [3.8, 4) is 0 Å². The predicted octanol–water partition coefficient (Wildman–Crippen LogP) is 3.60. The van der Waals surface area contributed by atoms with E-state index in [0.717, 1.165) is 0 Å². The van der Waals surface area contributed by atoms with E-state index in [1.807, 2.05) is 0 Å². The lowest BCUT2D eigenvalue weighted by Crippen LogP contribution is -2.00. The zero-order valence-corrected chi connectivity index (χ0v) is 8.70. The molecule has 0 amide bonds. The third-order valence-electron chi connectivity index (χ3n) is 1.66. The van der Waals surface area contributed by atoms with E-state index in [9.17, 15) is 13.2 Å². The van der Waals surface area contributed by atoms with Crippen LogP contribution in [0.5, 0.6) is 0 Å². The van der Waals surface area contributed by atoms with Gasteiger partial charge in [0.15, 0.2) is 0 Å². The fraction of sp³-hybridized carbons (Fsp3) is 0.125. The third-order valence-corrected chi connectivity index (χ3v) is 2.64. The molecule has 0 saturated heterocycles. The van der Waals surface area contributed by atoms with Crippen LogP contribution in [0, 0.1) is 0 Å². The molecule has 0 bridgehead atoms. The molecule has 2 nitrogen and oxygen atoms in total. The first kappa shape index (κ1) is 10.6. The highest BCUT2D eigenvalue weighted by molar-refractivity contribution is 8.00. The van der Waals surface area contributed by atoms with Crippen molar-refractivity contribution in [2.24, 2.45) is 0 Å². The van der Waals surface area contributed by atoms with E-state index in [1.165, 1.54) is 28.9 Å². The van der Waals surface area contributed by atoms with E-state index < -0.39 is 5.51 Å². The summed E-state index contributed by atoms with van der Waals surface area (Å²) in [6, 6.07) is 3.01. The molecule has 0 N–H and O–H groups in total. The van der Waals surface area contributed by atoms with Crippen molar-refractivity contribution in [3.63, 3.8) is 0 Å². The van der Waals surface area contributed by atoms with Crippen LogP contribution in [0.4, 0.5) is 13.2 Å². The maximum atomic E-state index is 12.1. The Morgan fingerprint density at radius 1 is 1.40 bits per heavy atom. The van der Waals surface area contributed by atoms with Gasteiger partial charge in [-0.05, 0) is 6.07 Å². The zero-order valence-electron chi connectivity index (χ0n) is 7.12. The Hall–Kier alpha value is -0.880. The molecular weight excluding hydrogens is 249 g/mol. The normalized spacial score (nSPS) is 12.3. The van der Waals surface area contributed by atoms with Gasteiger partial charge in [-0.3, -0.25) is 4.40 Å². The van der Waals surface area contributed by atoms with Crippen LogP contribution >= 0.6 is 23.4 Å². The Morgan fingerprint density at radius 3 is 2.80 bits per heavy atom. The Labute approximate surface area is 92.1 Å². The number of imidazole rings is 1. The van der Waals surface area contributed by atoms with Crippen LogP contribution in [0.3, 0.4) is 0 Å². The topological polar surface area (TPSA) is 17.3 Å². The largest absolute Gasteiger partial charge is 0.447 e. The third kappa shape index (κ3) is 2.38. The van der Waals surface area contributed by atoms with Crippen LogP contribution < -0.4 is 0 Å².